The standard InChI is InChI=1S/C6H8O4S2/c1-6-2-3-12(8,9)4(6)10-5(7)11-6/h4H,2-3H2,1H3. The molecule has 2 aliphatic rings. The summed E-state index contributed by atoms with van der Waals surface area (Å²) < 4.78 is 26.8. The molecule has 0 saturated carbocycles. The van der Waals surface area contributed by atoms with E-state index in [-0.39, 0.29) is 5.75 Å². The van der Waals surface area contributed by atoms with E-state index in [1.807, 2.05) is 0 Å². The molecule has 0 aromatic carbocycles. The van der Waals surface area contributed by atoms with E-state index in [9.17, 15) is 13.2 Å². The van der Waals surface area contributed by atoms with E-state index in [2.05, 4.69) is 0 Å². The molecule has 0 N–H and O–H groups in total. The van der Waals surface area contributed by atoms with Crippen LogP contribution in [0.5, 0.6) is 0 Å². The van der Waals surface area contributed by atoms with Gasteiger partial charge >= 0.3 is 5.30 Å². The minimum atomic E-state index is -3.18. The van der Waals surface area contributed by atoms with Gasteiger partial charge in [0.2, 0.25) is 5.44 Å². The van der Waals surface area contributed by atoms with Crippen molar-refractivity contribution >= 4 is 26.9 Å². The van der Waals surface area contributed by atoms with Gasteiger partial charge in [0.15, 0.2) is 9.84 Å². The minimum absolute atomic E-state index is 0.133. The Morgan fingerprint density at radius 2 is 2.33 bits per heavy atom. The molecular weight excluding hydrogens is 200 g/mol. The maximum atomic E-state index is 11.3. The third kappa shape index (κ3) is 0.974. The number of sulfone groups is 1. The smallest absolute Gasteiger partial charge is 0.369 e. The van der Waals surface area contributed by atoms with Crippen molar-refractivity contribution in [1.82, 2.24) is 0 Å². The fourth-order valence-electron chi connectivity index (χ4n) is 1.55. The van der Waals surface area contributed by atoms with Gasteiger partial charge in [0.25, 0.3) is 0 Å². The van der Waals surface area contributed by atoms with E-state index in [1.54, 1.807) is 6.92 Å². The second kappa shape index (κ2) is 2.17. The van der Waals surface area contributed by atoms with E-state index < -0.39 is 25.3 Å². The van der Waals surface area contributed by atoms with Gasteiger partial charge in [0.05, 0.1) is 10.5 Å². The fourth-order valence-corrected chi connectivity index (χ4v) is 5.23. The Kier molecular flexibility index (Phi) is 1.51. The third-order valence-electron chi connectivity index (χ3n) is 2.23. The summed E-state index contributed by atoms with van der Waals surface area (Å²) >= 11 is 1.00. The first-order valence-corrected chi connectivity index (χ1v) is 6.08. The van der Waals surface area contributed by atoms with Gasteiger partial charge in [0.1, 0.15) is 0 Å². The molecular formula is C6H8O4S2. The van der Waals surface area contributed by atoms with Crippen LogP contribution in [0.4, 0.5) is 4.79 Å². The van der Waals surface area contributed by atoms with Crippen molar-refractivity contribution in [2.24, 2.45) is 0 Å². The Morgan fingerprint density at radius 3 is 2.92 bits per heavy atom. The Labute approximate surface area is 74.6 Å². The zero-order valence-corrected chi connectivity index (χ0v) is 8.07. The molecule has 0 aliphatic carbocycles. The Bertz CT molecular complexity index is 333. The first-order valence-electron chi connectivity index (χ1n) is 3.55. The molecule has 0 spiro atoms. The topological polar surface area (TPSA) is 60.4 Å². The quantitative estimate of drug-likeness (QED) is 0.550. The van der Waals surface area contributed by atoms with E-state index in [4.69, 9.17) is 4.74 Å². The maximum absolute atomic E-state index is 11.3. The van der Waals surface area contributed by atoms with Crippen LogP contribution in [0, 0.1) is 0 Å². The van der Waals surface area contributed by atoms with Gasteiger partial charge in [-0.15, -0.1) is 0 Å². The molecule has 0 aromatic heterocycles. The van der Waals surface area contributed by atoms with Crippen molar-refractivity contribution in [2.75, 3.05) is 5.75 Å². The number of fused-ring (bicyclic) bond motifs is 1. The van der Waals surface area contributed by atoms with Crippen LogP contribution in [0.15, 0.2) is 0 Å². The normalized spacial score (nSPS) is 44.1. The average molecular weight is 208 g/mol. The van der Waals surface area contributed by atoms with Crippen molar-refractivity contribution in [3.63, 3.8) is 0 Å². The highest BCUT2D eigenvalue weighted by Gasteiger charge is 2.58. The van der Waals surface area contributed by atoms with E-state index in [1.165, 1.54) is 0 Å². The van der Waals surface area contributed by atoms with Gasteiger partial charge in [-0.2, -0.15) is 0 Å². The first-order chi connectivity index (χ1) is 5.44. The highest BCUT2D eigenvalue weighted by atomic mass is 32.2. The monoisotopic (exact) mass is 208 g/mol. The summed E-state index contributed by atoms with van der Waals surface area (Å²) in [6.07, 6.45) is 0.510. The van der Waals surface area contributed by atoms with Crippen LogP contribution in [-0.2, 0) is 14.6 Å². The molecule has 2 saturated heterocycles. The Balaban J connectivity index is 2.44. The molecule has 12 heavy (non-hydrogen) atoms. The van der Waals surface area contributed by atoms with Gasteiger partial charge < -0.3 is 4.74 Å². The third-order valence-corrected chi connectivity index (χ3v) is 5.57. The predicted octanol–water partition coefficient (Wildman–Crippen LogP) is 0.773. The Hall–Kier alpha value is -0.230. The summed E-state index contributed by atoms with van der Waals surface area (Å²) in [4.78, 5) is 10.8. The zero-order valence-electron chi connectivity index (χ0n) is 6.44. The molecule has 0 radical (unpaired) electrons. The second-order valence-electron chi connectivity index (χ2n) is 3.23. The van der Waals surface area contributed by atoms with Crippen LogP contribution in [-0.4, -0.2) is 29.7 Å². The maximum Gasteiger partial charge on any atom is 0.369 e. The van der Waals surface area contributed by atoms with Crippen molar-refractivity contribution in [3.8, 4) is 0 Å². The van der Waals surface area contributed by atoms with Gasteiger partial charge in [-0.1, -0.05) is 0 Å². The largest absolute Gasteiger partial charge is 0.436 e. The van der Waals surface area contributed by atoms with Crippen molar-refractivity contribution in [1.29, 1.82) is 0 Å². The molecule has 0 bridgehead atoms. The average Bonchev–Trinajstić information content (AvgIpc) is 2.32. The zero-order chi connectivity index (χ0) is 8.98. The summed E-state index contributed by atoms with van der Waals surface area (Å²) in [7, 11) is -3.18. The predicted molar refractivity (Wildman–Crippen MR) is 44.7 cm³/mol. The van der Waals surface area contributed by atoms with Gasteiger partial charge in [-0.3, -0.25) is 0 Å². The van der Waals surface area contributed by atoms with Gasteiger partial charge in [0, 0.05) is 0 Å². The van der Waals surface area contributed by atoms with Crippen molar-refractivity contribution in [3.05, 3.63) is 0 Å². The number of carbonyl (C=O) groups excluding carboxylic acids is 1. The van der Waals surface area contributed by atoms with E-state index in [0.717, 1.165) is 11.8 Å². The van der Waals surface area contributed by atoms with Gasteiger partial charge in [-0.25, -0.2) is 13.2 Å². The van der Waals surface area contributed by atoms with E-state index in [0.29, 0.717) is 6.42 Å². The molecule has 2 unspecified atom stereocenters. The number of thioether (sulfide) groups is 1. The number of hydrogen-bond donors (Lipinski definition) is 0. The molecule has 2 heterocycles. The molecule has 2 atom stereocenters. The van der Waals surface area contributed by atoms with Crippen molar-refractivity contribution in [2.45, 2.75) is 23.5 Å². The first kappa shape index (κ1) is 8.37. The van der Waals surface area contributed by atoms with Crippen molar-refractivity contribution < 1.29 is 17.9 Å². The number of rotatable bonds is 0. The summed E-state index contributed by atoms with van der Waals surface area (Å²) in [5, 5.41) is -0.467. The van der Waals surface area contributed by atoms with Crippen LogP contribution in [0.25, 0.3) is 0 Å². The summed E-state index contributed by atoms with van der Waals surface area (Å²) in [6, 6.07) is 0. The molecule has 2 aliphatic heterocycles. The van der Waals surface area contributed by atoms with Crippen LogP contribution in [0.2, 0.25) is 0 Å². The molecule has 4 nitrogen and oxygen atoms in total. The van der Waals surface area contributed by atoms with Crippen LogP contribution in [0.3, 0.4) is 0 Å². The number of ether oxygens (including phenoxy) is 1. The lowest BCUT2D eigenvalue weighted by molar-refractivity contribution is 0.159. The Morgan fingerprint density at radius 1 is 1.67 bits per heavy atom. The van der Waals surface area contributed by atoms with Crippen LogP contribution >= 0.6 is 11.8 Å². The lowest BCUT2D eigenvalue weighted by atomic mass is 10.1. The summed E-state index contributed by atoms with van der Waals surface area (Å²) in [5.74, 6) is 0.133. The molecule has 6 heteroatoms. The fraction of sp³-hybridized carbons (Fsp3) is 0.833. The molecule has 68 valence electrons. The lowest BCUT2D eigenvalue weighted by Gasteiger charge is -2.15. The highest BCUT2D eigenvalue weighted by molar-refractivity contribution is 8.15. The van der Waals surface area contributed by atoms with Crippen LogP contribution in [0.1, 0.15) is 13.3 Å². The second-order valence-corrected chi connectivity index (χ2v) is 6.86. The molecule has 0 aromatic rings. The van der Waals surface area contributed by atoms with Crippen LogP contribution < -0.4 is 0 Å². The minimum Gasteiger partial charge on any atom is -0.436 e. The van der Waals surface area contributed by atoms with Gasteiger partial charge in [-0.05, 0) is 25.1 Å². The SMILES string of the molecule is CC12CCS(=O)(=O)C1OC(=O)S2. The van der Waals surface area contributed by atoms with E-state index >= 15 is 0 Å². The number of hydrogen-bond acceptors (Lipinski definition) is 5. The number of carbonyl (C=O) groups is 1. The molecule has 2 rings (SSSR count). The molecule has 2 fully saturated rings. The highest BCUT2D eigenvalue weighted by Crippen LogP contribution is 2.48. The molecule has 0 amide bonds. The summed E-state index contributed by atoms with van der Waals surface area (Å²) in [5.41, 5.74) is -0.900. The summed E-state index contributed by atoms with van der Waals surface area (Å²) in [6.45, 7) is 1.76. The lowest BCUT2D eigenvalue weighted by Crippen LogP contribution is -2.30.